The summed E-state index contributed by atoms with van der Waals surface area (Å²) < 4.78 is 5.06. The molecular weight excluding hydrogens is 224 g/mol. The lowest BCUT2D eigenvalue weighted by Gasteiger charge is -2.11. The van der Waals surface area contributed by atoms with Gasteiger partial charge in [-0.25, -0.2) is 0 Å². The first-order chi connectivity index (χ1) is 7.99. The van der Waals surface area contributed by atoms with Crippen molar-refractivity contribution < 1.29 is 19.4 Å². The van der Waals surface area contributed by atoms with Gasteiger partial charge in [-0.2, -0.15) is 0 Å². The summed E-state index contributed by atoms with van der Waals surface area (Å²) in [4.78, 5) is 21.1. The van der Waals surface area contributed by atoms with E-state index >= 15 is 0 Å². The van der Waals surface area contributed by atoms with Gasteiger partial charge in [-0.3, -0.25) is 9.59 Å². The Morgan fingerprint density at radius 3 is 2.47 bits per heavy atom. The molecule has 1 amide bonds. The number of benzene rings is 1. The number of carboxylic acid groups (broad SMARTS) is 1. The topological polar surface area (TPSA) is 102 Å². The van der Waals surface area contributed by atoms with E-state index in [1.54, 1.807) is 31.2 Å². The summed E-state index contributed by atoms with van der Waals surface area (Å²) in [5.74, 6) is -0.983. The second-order valence-electron chi connectivity index (χ2n) is 3.48. The molecule has 0 bridgehead atoms. The number of carboxylic acids is 1. The van der Waals surface area contributed by atoms with Crippen LogP contribution in [0.15, 0.2) is 24.3 Å². The van der Waals surface area contributed by atoms with Gasteiger partial charge in [0.1, 0.15) is 11.8 Å². The summed E-state index contributed by atoms with van der Waals surface area (Å²) in [5.41, 5.74) is 5.59. The second kappa shape index (κ2) is 5.74. The number of carbonyl (C=O) groups is 2. The third kappa shape index (κ3) is 4.42. The zero-order valence-corrected chi connectivity index (χ0v) is 9.34. The highest BCUT2D eigenvalue weighted by atomic mass is 16.5. The van der Waals surface area contributed by atoms with E-state index in [9.17, 15) is 9.59 Å². The van der Waals surface area contributed by atoms with Gasteiger partial charge in [0, 0.05) is 5.69 Å². The fourth-order valence-corrected chi connectivity index (χ4v) is 1.11. The van der Waals surface area contributed by atoms with Crippen molar-refractivity contribution in [3.05, 3.63) is 24.3 Å². The van der Waals surface area contributed by atoms with Crippen molar-refractivity contribution in [3.8, 4) is 5.75 Å². The van der Waals surface area contributed by atoms with Crippen LogP contribution in [0.2, 0.25) is 0 Å². The van der Waals surface area contributed by atoms with Gasteiger partial charge in [0.05, 0.1) is 0 Å². The molecule has 1 aromatic rings. The molecule has 17 heavy (non-hydrogen) atoms. The number of ether oxygens (including phenoxy) is 1. The Bertz CT molecular complexity index is 402. The van der Waals surface area contributed by atoms with E-state index in [1.807, 2.05) is 0 Å². The van der Waals surface area contributed by atoms with Crippen LogP contribution >= 0.6 is 0 Å². The van der Waals surface area contributed by atoms with E-state index in [2.05, 4.69) is 5.32 Å². The summed E-state index contributed by atoms with van der Waals surface area (Å²) in [6, 6.07) is 5.90. The first-order valence-electron chi connectivity index (χ1n) is 4.99. The van der Waals surface area contributed by atoms with Crippen LogP contribution in [0, 0.1) is 0 Å². The van der Waals surface area contributed by atoms with Gasteiger partial charge >= 0.3 is 5.97 Å². The maximum Gasteiger partial charge on any atom is 0.325 e. The van der Waals surface area contributed by atoms with Crippen LogP contribution in [0.25, 0.3) is 0 Å². The SMILES string of the molecule is CC(Nc1ccc(OCC(N)=O)cc1)C(=O)O. The molecule has 0 aliphatic rings. The number of primary amides is 1. The predicted molar refractivity (Wildman–Crippen MR) is 61.9 cm³/mol. The van der Waals surface area contributed by atoms with Gasteiger partial charge in [0.15, 0.2) is 6.61 Å². The summed E-state index contributed by atoms with van der Waals surface area (Å²) in [5, 5.41) is 11.5. The van der Waals surface area contributed by atoms with Crippen LogP contribution in [0.5, 0.6) is 5.75 Å². The van der Waals surface area contributed by atoms with E-state index in [1.165, 1.54) is 0 Å². The highest BCUT2D eigenvalue weighted by Gasteiger charge is 2.09. The lowest BCUT2D eigenvalue weighted by Crippen LogP contribution is -2.25. The number of nitrogens with two attached hydrogens (primary N) is 1. The minimum atomic E-state index is -0.931. The average molecular weight is 238 g/mol. The number of rotatable bonds is 6. The molecule has 0 heterocycles. The zero-order chi connectivity index (χ0) is 12.8. The molecule has 0 saturated carbocycles. The van der Waals surface area contributed by atoms with Crippen molar-refractivity contribution in [2.75, 3.05) is 11.9 Å². The number of amides is 1. The largest absolute Gasteiger partial charge is 0.484 e. The number of carbonyl (C=O) groups excluding carboxylic acids is 1. The van der Waals surface area contributed by atoms with Crippen LogP contribution in [0.1, 0.15) is 6.92 Å². The molecule has 0 aromatic heterocycles. The fourth-order valence-electron chi connectivity index (χ4n) is 1.11. The molecule has 1 aromatic carbocycles. The Balaban J connectivity index is 2.55. The molecule has 0 saturated heterocycles. The lowest BCUT2D eigenvalue weighted by molar-refractivity contribution is -0.137. The van der Waals surface area contributed by atoms with Gasteiger partial charge in [-0.15, -0.1) is 0 Å². The molecule has 6 nitrogen and oxygen atoms in total. The van der Waals surface area contributed by atoms with Crippen molar-refractivity contribution in [2.45, 2.75) is 13.0 Å². The van der Waals surface area contributed by atoms with Crippen molar-refractivity contribution in [3.63, 3.8) is 0 Å². The molecular formula is C11H14N2O4. The number of nitrogens with one attached hydrogen (secondary N) is 1. The maximum atomic E-state index is 10.6. The highest BCUT2D eigenvalue weighted by molar-refractivity contribution is 5.77. The second-order valence-corrected chi connectivity index (χ2v) is 3.48. The minimum absolute atomic E-state index is 0.182. The number of anilines is 1. The molecule has 0 radical (unpaired) electrons. The van der Waals surface area contributed by atoms with Crippen molar-refractivity contribution in [2.24, 2.45) is 5.73 Å². The van der Waals surface area contributed by atoms with Crippen LogP contribution < -0.4 is 15.8 Å². The van der Waals surface area contributed by atoms with Gasteiger partial charge in [0.2, 0.25) is 0 Å². The molecule has 1 unspecified atom stereocenters. The first-order valence-corrected chi connectivity index (χ1v) is 4.99. The minimum Gasteiger partial charge on any atom is -0.484 e. The standard InChI is InChI=1S/C11H14N2O4/c1-7(11(15)16)13-8-2-4-9(5-3-8)17-6-10(12)14/h2-5,7,13H,6H2,1H3,(H2,12,14)(H,15,16). The van der Waals surface area contributed by atoms with Gasteiger partial charge < -0.3 is 20.9 Å². The van der Waals surface area contributed by atoms with Crippen molar-refractivity contribution in [1.29, 1.82) is 0 Å². The van der Waals surface area contributed by atoms with E-state index in [4.69, 9.17) is 15.6 Å². The number of hydrogen-bond acceptors (Lipinski definition) is 4. The van der Waals surface area contributed by atoms with Crippen LogP contribution in [0.3, 0.4) is 0 Å². The maximum absolute atomic E-state index is 10.6. The Morgan fingerprint density at radius 1 is 1.41 bits per heavy atom. The van der Waals surface area contributed by atoms with Crippen LogP contribution in [-0.4, -0.2) is 29.6 Å². The Labute approximate surface area is 98.4 Å². The average Bonchev–Trinajstić information content (AvgIpc) is 2.28. The van der Waals surface area contributed by atoms with Crippen molar-refractivity contribution in [1.82, 2.24) is 0 Å². The highest BCUT2D eigenvalue weighted by Crippen LogP contribution is 2.16. The van der Waals surface area contributed by atoms with Gasteiger partial charge in [-0.1, -0.05) is 0 Å². The Morgan fingerprint density at radius 2 is 2.00 bits per heavy atom. The monoisotopic (exact) mass is 238 g/mol. The summed E-state index contributed by atoms with van der Waals surface area (Å²) >= 11 is 0. The zero-order valence-electron chi connectivity index (χ0n) is 9.34. The molecule has 4 N–H and O–H groups in total. The van der Waals surface area contributed by atoms with Gasteiger partial charge in [0.25, 0.3) is 5.91 Å². The van der Waals surface area contributed by atoms with E-state index in [0.717, 1.165) is 0 Å². The van der Waals surface area contributed by atoms with E-state index in [0.29, 0.717) is 11.4 Å². The first kappa shape index (κ1) is 12.8. The molecule has 0 aliphatic carbocycles. The molecule has 1 rings (SSSR count). The summed E-state index contributed by atoms with van der Waals surface area (Å²) in [6.07, 6.45) is 0. The quantitative estimate of drug-likeness (QED) is 0.667. The normalized spacial score (nSPS) is 11.6. The van der Waals surface area contributed by atoms with Crippen LogP contribution in [0.4, 0.5) is 5.69 Å². The molecule has 0 spiro atoms. The van der Waals surface area contributed by atoms with E-state index in [-0.39, 0.29) is 6.61 Å². The summed E-state index contributed by atoms with van der Waals surface area (Å²) in [6.45, 7) is 1.36. The van der Waals surface area contributed by atoms with Crippen LogP contribution in [-0.2, 0) is 9.59 Å². The predicted octanol–water partition coefficient (Wildman–Crippen LogP) is 0.436. The molecule has 6 heteroatoms. The third-order valence-electron chi connectivity index (χ3n) is 1.99. The molecule has 1 atom stereocenters. The smallest absolute Gasteiger partial charge is 0.325 e. The number of hydrogen-bond donors (Lipinski definition) is 3. The summed E-state index contributed by atoms with van der Waals surface area (Å²) in [7, 11) is 0. The Kier molecular flexibility index (Phi) is 4.33. The van der Waals surface area contributed by atoms with Crippen molar-refractivity contribution >= 4 is 17.6 Å². The van der Waals surface area contributed by atoms with Gasteiger partial charge in [-0.05, 0) is 31.2 Å². The molecule has 0 fully saturated rings. The number of aliphatic carboxylic acids is 1. The third-order valence-corrected chi connectivity index (χ3v) is 1.99. The molecule has 92 valence electrons. The Hall–Kier alpha value is -2.24. The fraction of sp³-hybridized carbons (Fsp3) is 0.273. The van der Waals surface area contributed by atoms with E-state index < -0.39 is 17.9 Å². The lowest BCUT2D eigenvalue weighted by atomic mass is 10.2. The molecule has 0 aliphatic heterocycles.